The molecule has 0 aliphatic heterocycles. The van der Waals surface area contributed by atoms with Gasteiger partial charge in [0.05, 0.1) is 16.3 Å². The number of fused-ring (bicyclic) bond motifs is 1. The molecule has 0 atom stereocenters. The topological polar surface area (TPSA) is 76.7 Å². The molecule has 3 heterocycles. The minimum absolute atomic E-state index is 0.0255. The first-order valence-electron chi connectivity index (χ1n) is 7.80. The molecule has 0 saturated heterocycles. The summed E-state index contributed by atoms with van der Waals surface area (Å²) in [5.74, 6) is 0.355. The van der Waals surface area contributed by atoms with Gasteiger partial charge in [-0.05, 0) is 44.2 Å². The van der Waals surface area contributed by atoms with Gasteiger partial charge in [0.25, 0.3) is 5.89 Å². The van der Waals surface area contributed by atoms with E-state index in [0.29, 0.717) is 34.3 Å². The second kappa shape index (κ2) is 6.34. The van der Waals surface area contributed by atoms with Crippen molar-refractivity contribution in [3.8, 4) is 11.5 Å². The van der Waals surface area contributed by atoms with Crippen molar-refractivity contribution < 1.29 is 8.91 Å². The Morgan fingerprint density at radius 3 is 2.69 bits per heavy atom. The lowest BCUT2D eigenvalue weighted by Crippen LogP contribution is -1.99. The summed E-state index contributed by atoms with van der Waals surface area (Å²) in [5, 5.41) is 7.88. The van der Waals surface area contributed by atoms with Crippen LogP contribution in [0.25, 0.3) is 22.5 Å². The molecule has 0 amide bonds. The zero-order chi connectivity index (χ0) is 18.3. The molecule has 3 aromatic heterocycles. The summed E-state index contributed by atoms with van der Waals surface area (Å²) in [6, 6.07) is 8.19. The Morgan fingerprint density at radius 2 is 1.96 bits per heavy atom. The molecule has 8 heteroatoms. The van der Waals surface area contributed by atoms with Crippen molar-refractivity contribution in [2.75, 3.05) is 5.32 Å². The molecule has 26 heavy (non-hydrogen) atoms. The molecular weight excluding hydrogens is 357 g/mol. The van der Waals surface area contributed by atoms with Gasteiger partial charge in [0.15, 0.2) is 11.5 Å². The first kappa shape index (κ1) is 16.4. The second-order valence-corrected chi connectivity index (χ2v) is 6.18. The third kappa shape index (κ3) is 2.97. The zero-order valence-corrected chi connectivity index (χ0v) is 14.7. The molecule has 4 aromatic rings. The van der Waals surface area contributed by atoms with E-state index in [9.17, 15) is 4.39 Å². The van der Waals surface area contributed by atoms with Gasteiger partial charge in [0.1, 0.15) is 5.82 Å². The number of benzene rings is 1. The minimum atomic E-state index is -0.484. The van der Waals surface area contributed by atoms with Crippen LogP contribution in [0.3, 0.4) is 0 Å². The average molecular weight is 370 g/mol. The van der Waals surface area contributed by atoms with Crippen LogP contribution in [0.4, 0.5) is 15.8 Å². The van der Waals surface area contributed by atoms with Gasteiger partial charge in [-0.3, -0.25) is 0 Å². The zero-order valence-electron chi connectivity index (χ0n) is 13.9. The van der Waals surface area contributed by atoms with Crippen LogP contribution in [-0.4, -0.2) is 20.1 Å². The largest absolute Gasteiger partial charge is 0.354 e. The van der Waals surface area contributed by atoms with Gasteiger partial charge in [-0.2, -0.15) is 4.98 Å². The van der Waals surface area contributed by atoms with Crippen LogP contribution in [-0.2, 0) is 0 Å². The number of nitrogens with zero attached hydrogens (tertiary/aromatic N) is 4. The summed E-state index contributed by atoms with van der Waals surface area (Å²) >= 11 is 5.90. The van der Waals surface area contributed by atoms with Crippen molar-refractivity contribution in [2.24, 2.45) is 0 Å². The van der Waals surface area contributed by atoms with Crippen LogP contribution in [0, 0.1) is 19.7 Å². The second-order valence-electron chi connectivity index (χ2n) is 5.77. The Hall–Kier alpha value is -3.06. The number of rotatable bonds is 3. The molecule has 0 saturated carbocycles. The van der Waals surface area contributed by atoms with Crippen molar-refractivity contribution in [2.45, 2.75) is 13.8 Å². The molecule has 130 valence electrons. The highest BCUT2D eigenvalue weighted by Gasteiger charge is 2.17. The van der Waals surface area contributed by atoms with E-state index in [2.05, 4.69) is 25.4 Å². The van der Waals surface area contributed by atoms with Crippen molar-refractivity contribution in [1.29, 1.82) is 0 Å². The number of anilines is 2. The lowest BCUT2D eigenvalue weighted by atomic mass is 10.1. The Labute approximate surface area is 153 Å². The molecule has 0 fully saturated rings. The summed E-state index contributed by atoms with van der Waals surface area (Å²) in [6.45, 7) is 3.63. The quantitative estimate of drug-likeness (QED) is 0.557. The van der Waals surface area contributed by atoms with Crippen molar-refractivity contribution in [3.05, 3.63) is 58.9 Å². The van der Waals surface area contributed by atoms with E-state index >= 15 is 0 Å². The first-order valence-corrected chi connectivity index (χ1v) is 8.18. The molecule has 0 spiro atoms. The van der Waals surface area contributed by atoms with Crippen LogP contribution in [0.1, 0.15) is 11.5 Å². The predicted octanol–water partition coefficient (Wildman–Crippen LogP) is 4.83. The lowest BCUT2D eigenvalue weighted by Gasteiger charge is -2.13. The van der Waals surface area contributed by atoms with E-state index in [0.717, 1.165) is 11.1 Å². The fourth-order valence-corrected chi connectivity index (χ4v) is 2.77. The van der Waals surface area contributed by atoms with E-state index in [1.165, 1.54) is 12.1 Å². The Morgan fingerprint density at radius 1 is 1.12 bits per heavy atom. The van der Waals surface area contributed by atoms with E-state index in [-0.39, 0.29) is 5.02 Å². The molecule has 0 aliphatic rings. The van der Waals surface area contributed by atoms with Gasteiger partial charge in [-0.1, -0.05) is 16.8 Å². The molecule has 0 bridgehead atoms. The van der Waals surface area contributed by atoms with Crippen molar-refractivity contribution in [3.63, 3.8) is 0 Å². The standard InChI is InChI=1S/C18H13ClFN5O/c1-9-3-5-12-16(24-11-4-6-15(20)14(19)7-11)13(8-21-17(12)22-9)18-23-10(2)25-26-18/h3-8H,1-2H3,(H,21,22,24). The Bertz CT molecular complexity index is 1130. The third-order valence-corrected chi connectivity index (χ3v) is 4.11. The van der Waals surface area contributed by atoms with E-state index < -0.39 is 5.82 Å². The van der Waals surface area contributed by atoms with Gasteiger partial charge in [-0.25, -0.2) is 14.4 Å². The monoisotopic (exact) mass is 369 g/mol. The molecule has 1 aromatic carbocycles. The smallest absolute Gasteiger partial charge is 0.261 e. The molecule has 6 nitrogen and oxygen atoms in total. The minimum Gasteiger partial charge on any atom is -0.354 e. The maximum absolute atomic E-state index is 13.5. The molecule has 0 aliphatic carbocycles. The number of pyridine rings is 2. The van der Waals surface area contributed by atoms with Crippen LogP contribution in [0.5, 0.6) is 0 Å². The molecule has 1 N–H and O–H groups in total. The number of aryl methyl sites for hydroxylation is 2. The summed E-state index contributed by atoms with van der Waals surface area (Å²) in [6.07, 6.45) is 1.62. The fourth-order valence-electron chi connectivity index (χ4n) is 2.59. The van der Waals surface area contributed by atoms with Gasteiger partial charge in [-0.15, -0.1) is 0 Å². The average Bonchev–Trinajstić information content (AvgIpc) is 3.04. The predicted molar refractivity (Wildman–Crippen MR) is 97.0 cm³/mol. The number of nitrogens with one attached hydrogen (secondary N) is 1. The SMILES string of the molecule is Cc1ccc2c(Nc3ccc(F)c(Cl)c3)c(-c3nc(C)no3)cnc2n1. The number of aromatic nitrogens is 4. The summed E-state index contributed by atoms with van der Waals surface area (Å²) in [4.78, 5) is 13.1. The molecule has 4 rings (SSSR count). The maximum atomic E-state index is 13.5. The molecular formula is C18H13ClFN5O. The highest BCUT2D eigenvalue weighted by Crippen LogP contribution is 2.35. The number of hydrogen-bond acceptors (Lipinski definition) is 6. The number of hydrogen-bond donors (Lipinski definition) is 1. The van der Waals surface area contributed by atoms with Crippen LogP contribution >= 0.6 is 11.6 Å². The van der Waals surface area contributed by atoms with Gasteiger partial charge in [0.2, 0.25) is 0 Å². The van der Waals surface area contributed by atoms with E-state index in [1.54, 1.807) is 19.2 Å². The highest BCUT2D eigenvalue weighted by molar-refractivity contribution is 6.31. The van der Waals surface area contributed by atoms with Gasteiger partial charge < -0.3 is 9.84 Å². The highest BCUT2D eigenvalue weighted by atomic mass is 35.5. The molecule has 0 radical (unpaired) electrons. The van der Waals surface area contributed by atoms with Crippen molar-refractivity contribution >= 4 is 34.0 Å². The number of halogens is 2. The normalized spacial score (nSPS) is 11.1. The summed E-state index contributed by atoms with van der Waals surface area (Å²) in [7, 11) is 0. The summed E-state index contributed by atoms with van der Waals surface area (Å²) in [5.41, 5.74) is 3.32. The van der Waals surface area contributed by atoms with Crippen LogP contribution in [0.15, 0.2) is 41.1 Å². The first-order chi connectivity index (χ1) is 12.5. The fraction of sp³-hybridized carbons (Fsp3) is 0.111. The lowest BCUT2D eigenvalue weighted by molar-refractivity contribution is 0.425. The van der Waals surface area contributed by atoms with Crippen molar-refractivity contribution in [1.82, 2.24) is 20.1 Å². The maximum Gasteiger partial charge on any atom is 0.261 e. The van der Waals surface area contributed by atoms with Crippen LogP contribution in [0.2, 0.25) is 5.02 Å². The molecule has 0 unspecified atom stereocenters. The summed E-state index contributed by atoms with van der Waals surface area (Å²) < 4.78 is 18.8. The van der Waals surface area contributed by atoms with Crippen LogP contribution < -0.4 is 5.32 Å². The van der Waals surface area contributed by atoms with Gasteiger partial charge >= 0.3 is 0 Å². The van der Waals surface area contributed by atoms with E-state index in [1.807, 2.05) is 19.1 Å². The Kier molecular flexibility index (Phi) is 4.00. The third-order valence-electron chi connectivity index (χ3n) is 3.82. The Balaban J connectivity index is 1.92. The van der Waals surface area contributed by atoms with E-state index in [4.69, 9.17) is 16.1 Å². The van der Waals surface area contributed by atoms with Gasteiger partial charge in [0, 0.05) is 23.0 Å².